The number of hydrogen-bond acceptors (Lipinski definition) is 4. The van der Waals surface area contributed by atoms with Crippen molar-refractivity contribution in [2.45, 2.75) is 33.4 Å². The molecular weight excluding hydrogens is 388 g/mol. The van der Waals surface area contributed by atoms with Crippen LogP contribution < -0.4 is 10.1 Å². The van der Waals surface area contributed by atoms with Gasteiger partial charge in [-0.1, -0.05) is 35.9 Å². The van der Waals surface area contributed by atoms with E-state index in [9.17, 15) is 4.79 Å². The van der Waals surface area contributed by atoms with Crippen molar-refractivity contribution in [1.29, 1.82) is 0 Å². The number of aryl methyl sites for hydroxylation is 2. The first-order chi connectivity index (χ1) is 15.0. The molecule has 158 valence electrons. The summed E-state index contributed by atoms with van der Waals surface area (Å²) in [5.74, 6) is 1.45. The van der Waals surface area contributed by atoms with Gasteiger partial charge in [0.15, 0.2) is 0 Å². The minimum atomic E-state index is -0.289. The zero-order valence-corrected chi connectivity index (χ0v) is 18.0. The van der Waals surface area contributed by atoms with E-state index >= 15 is 0 Å². The number of rotatable bonds is 7. The van der Waals surface area contributed by atoms with E-state index in [-0.39, 0.29) is 11.9 Å². The molecule has 0 radical (unpaired) electrons. The Morgan fingerprint density at radius 2 is 1.90 bits per heavy atom. The Hall–Kier alpha value is -3.67. The molecule has 0 aliphatic rings. The number of para-hydroxylation sites is 2. The van der Waals surface area contributed by atoms with Crippen molar-refractivity contribution in [3.63, 3.8) is 0 Å². The number of imidazole rings is 1. The summed E-state index contributed by atoms with van der Waals surface area (Å²) in [5, 5.41) is 3.01. The van der Waals surface area contributed by atoms with Gasteiger partial charge in [-0.05, 0) is 56.7 Å². The summed E-state index contributed by atoms with van der Waals surface area (Å²) in [6, 6.07) is 19.1. The van der Waals surface area contributed by atoms with Gasteiger partial charge < -0.3 is 14.6 Å². The molecular formula is C25H26N4O2. The van der Waals surface area contributed by atoms with Crippen molar-refractivity contribution in [2.75, 3.05) is 6.61 Å². The molecule has 0 aliphatic carbocycles. The first-order valence-electron chi connectivity index (χ1n) is 10.4. The fraction of sp³-hybridized carbons (Fsp3) is 0.240. The molecule has 0 saturated carbocycles. The van der Waals surface area contributed by atoms with Crippen LogP contribution in [0.3, 0.4) is 0 Å². The molecule has 6 heteroatoms. The Morgan fingerprint density at radius 3 is 2.68 bits per heavy atom. The lowest BCUT2D eigenvalue weighted by atomic mass is 10.1. The Morgan fingerprint density at radius 1 is 1.10 bits per heavy atom. The standard InChI is InChI=1S/C25H26N4O2/c1-17-11-12-23(18(2)16-17)31-15-14-29-22-10-5-4-8-20(22)28-24(29)19(3)27-25(30)21-9-6-7-13-26-21/h4-13,16,19H,14-15H2,1-3H3,(H,27,30). The highest BCUT2D eigenvalue weighted by Crippen LogP contribution is 2.22. The lowest BCUT2D eigenvalue weighted by Crippen LogP contribution is -2.29. The van der Waals surface area contributed by atoms with Crippen LogP contribution in [0.15, 0.2) is 66.9 Å². The first kappa shape index (κ1) is 20.6. The quantitative estimate of drug-likeness (QED) is 0.479. The van der Waals surface area contributed by atoms with E-state index < -0.39 is 0 Å². The number of ether oxygens (including phenoxy) is 1. The van der Waals surface area contributed by atoms with Crippen molar-refractivity contribution < 1.29 is 9.53 Å². The number of aromatic nitrogens is 3. The van der Waals surface area contributed by atoms with Crippen LogP contribution in [0.1, 0.15) is 40.4 Å². The number of nitrogens with one attached hydrogen (secondary N) is 1. The van der Waals surface area contributed by atoms with Gasteiger partial charge in [-0.2, -0.15) is 0 Å². The van der Waals surface area contributed by atoms with Gasteiger partial charge >= 0.3 is 0 Å². The number of carbonyl (C=O) groups is 1. The average molecular weight is 415 g/mol. The summed E-state index contributed by atoms with van der Waals surface area (Å²) in [5.41, 5.74) is 4.62. The van der Waals surface area contributed by atoms with Crippen LogP contribution in [0.5, 0.6) is 5.75 Å². The summed E-state index contributed by atoms with van der Waals surface area (Å²) >= 11 is 0. The Labute approximate surface area is 181 Å². The molecule has 0 fully saturated rings. The highest BCUT2D eigenvalue weighted by atomic mass is 16.5. The fourth-order valence-electron chi connectivity index (χ4n) is 3.70. The lowest BCUT2D eigenvalue weighted by molar-refractivity contribution is 0.0932. The number of nitrogens with zero attached hydrogens (tertiary/aromatic N) is 3. The van der Waals surface area contributed by atoms with Crippen LogP contribution in [0.2, 0.25) is 0 Å². The number of hydrogen-bond donors (Lipinski definition) is 1. The van der Waals surface area contributed by atoms with E-state index in [0.29, 0.717) is 18.8 Å². The van der Waals surface area contributed by atoms with E-state index in [0.717, 1.165) is 28.2 Å². The third kappa shape index (κ3) is 4.58. The van der Waals surface area contributed by atoms with Gasteiger partial charge in [0.25, 0.3) is 5.91 Å². The SMILES string of the molecule is Cc1ccc(OCCn2c(C(C)NC(=O)c3ccccn3)nc3ccccc32)c(C)c1. The largest absolute Gasteiger partial charge is 0.491 e. The smallest absolute Gasteiger partial charge is 0.270 e. The molecule has 2 aromatic carbocycles. The maximum absolute atomic E-state index is 12.6. The van der Waals surface area contributed by atoms with Crippen molar-refractivity contribution >= 4 is 16.9 Å². The Bertz CT molecular complexity index is 1200. The van der Waals surface area contributed by atoms with Crippen molar-refractivity contribution in [2.24, 2.45) is 0 Å². The van der Waals surface area contributed by atoms with Gasteiger partial charge in [0, 0.05) is 6.20 Å². The summed E-state index contributed by atoms with van der Waals surface area (Å²) in [6.07, 6.45) is 1.61. The molecule has 0 saturated heterocycles. The second kappa shape index (κ2) is 9.00. The lowest BCUT2D eigenvalue weighted by Gasteiger charge is -2.17. The number of amides is 1. The van der Waals surface area contributed by atoms with Gasteiger partial charge in [-0.3, -0.25) is 9.78 Å². The summed E-state index contributed by atoms with van der Waals surface area (Å²) in [4.78, 5) is 21.5. The van der Waals surface area contributed by atoms with Crippen LogP contribution in [0.4, 0.5) is 0 Å². The Kier molecular flexibility index (Phi) is 5.98. The number of benzene rings is 2. The van der Waals surface area contributed by atoms with Gasteiger partial charge in [-0.15, -0.1) is 0 Å². The van der Waals surface area contributed by atoms with Gasteiger partial charge in [0.05, 0.1) is 23.6 Å². The second-order valence-corrected chi connectivity index (χ2v) is 7.64. The topological polar surface area (TPSA) is 69.0 Å². The normalized spacial score (nSPS) is 12.0. The molecule has 0 aliphatic heterocycles. The molecule has 1 N–H and O–H groups in total. The van der Waals surface area contributed by atoms with E-state index in [4.69, 9.17) is 9.72 Å². The van der Waals surface area contributed by atoms with Crippen molar-refractivity contribution in [3.05, 3.63) is 89.5 Å². The monoisotopic (exact) mass is 414 g/mol. The van der Waals surface area contributed by atoms with Crippen LogP contribution in [-0.2, 0) is 6.54 Å². The fourth-order valence-corrected chi connectivity index (χ4v) is 3.70. The molecule has 1 unspecified atom stereocenters. The predicted molar refractivity (Wildman–Crippen MR) is 121 cm³/mol. The van der Waals surface area contributed by atoms with Crippen LogP contribution in [0.25, 0.3) is 11.0 Å². The molecule has 4 rings (SSSR count). The maximum Gasteiger partial charge on any atom is 0.270 e. The molecule has 0 spiro atoms. The minimum absolute atomic E-state index is 0.224. The highest BCUT2D eigenvalue weighted by molar-refractivity contribution is 5.92. The van der Waals surface area contributed by atoms with Gasteiger partial charge in [-0.25, -0.2) is 4.98 Å². The first-order valence-corrected chi connectivity index (χ1v) is 10.4. The molecule has 2 aromatic heterocycles. The molecule has 1 amide bonds. The highest BCUT2D eigenvalue weighted by Gasteiger charge is 2.19. The van der Waals surface area contributed by atoms with E-state index in [1.54, 1.807) is 24.4 Å². The number of pyridine rings is 1. The van der Waals surface area contributed by atoms with Gasteiger partial charge in [0.1, 0.15) is 23.9 Å². The summed E-state index contributed by atoms with van der Waals surface area (Å²) in [7, 11) is 0. The van der Waals surface area contributed by atoms with Crippen LogP contribution in [0, 0.1) is 13.8 Å². The second-order valence-electron chi connectivity index (χ2n) is 7.64. The molecule has 1 atom stereocenters. The van der Waals surface area contributed by atoms with Crippen LogP contribution in [-0.4, -0.2) is 27.0 Å². The zero-order valence-electron chi connectivity index (χ0n) is 18.0. The Balaban J connectivity index is 1.54. The molecule has 4 aromatic rings. The molecule has 0 bridgehead atoms. The number of carbonyl (C=O) groups excluding carboxylic acids is 1. The van der Waals surface area contributed by atoms with Crippen molar-refractivity contribution in [3.8, 4) is 5.75 Å². The molecule has 2 heterocycles. The van der Waals surface area contributed by atoms with Gasteiger partial charge in [0.2, 0.25) is 0 Å². The summed E-state index contributed by atoms with van der Waals surface area (Å²) < 4.78 is 8.17. The van der Waals surface area contributed by atoms with Crippen LogP contribution >= 0.6 is 0 Å². The maximum atomic E-state index is 12.6. The zero-order chi connectivity index (χ0) is 21.8. The average Bonchev–Trinajstić information content (AvgIpc) is 3.15. The predicted octanol–water partition coefficient (Wildman–Crippen LogP) is 4.62. The van der Waals surface area contributed by atoms with E-state index in [1.807, 2.05) is 37.3 Å². The molecule has 6 nitrogen and oxygen atoms in total. The van der Waals surface area contributed by atoms with E-state index in [1.165, 1.54) is 5.56 Å². The third-order valence-corrected chi connectivity index (χ3v) is 5.22. The molecule has 31 heavy (non-hydrogen) atoms. The number of fused-ring (bicyclic) bond motifs is 1. The summed E-state index contributed by atoms with van der Waals surface area (Å²) in [6.45, 7) is 7.17. The van der Waals surface area contributed by atoms with Crippen molar-refractivity contribution in [1.82, 2.24) is 19.9 Å². The minimum Gasteiger partial charge on any atom is -0.491 e. The third-order valence-electron chi connectivity index (χ3n) is 5.22. The van der Waals surface area contributed by atoms with E-state index in [2.05, 4.69) is 40.8 Å².